The molecule has 12 heteroatoms. The fraction of sp³-hybridized carbons (Fsp3) is 0.355. The molecule has 0 unspecified atom stereocenters. The zero-order valence-corrected chi connectivity index (χ0v) is 24.0. The van der Waals surface area contributed by atoms with E-state index in [1.54, 1.807) is 37.3 Å². The summed E-state index contributed by atoms with van der Waals surface area (Å²) >= 11 is 0. The maximum atomic E-state index is 14.0. The van der Waals surface area contributed by atoms with E-state index in [0.29, 0.717) is 29.0 Å². The maximum absolute atomic E-state index is 14.0. The van der Waals surface area contributed by atoms with E-state index in [2.05, 4.69) is 30.6 Å². The Morgan fingerprint density at radius 1 is 1.05 bits per heavy atom. The van der Waals surface area contributed by atoms with Gasteiger partial charge in [0.2, 0.25) is 0 Å². The fourth-order valence-electron chi connectivity index (χ4n) is 6.82. The van der Waals surface area contributed by atoms with Crippen LogP contribution in [0.2, 0.25) is 0 Å². The van der Waals surface area contributed by atoms with Crippen LogP contribution in [0.5, 0.6) is 0 Å². The van der Waals surface area contributed by atoms with Gasteiger partial charge in [-0.05, 0) is 55.5 Å². The number of carbonyl (C=O) groups excluding carboxylic acids is 1. The average molecular weight is 591 g/mol. The van der Waals surface area contributed by atoms with Crippen LogP contribution in [0.3, 0.4) is 0 Å². The number of imidazole rings is 1. The van der Waals surface area contributed by atoms with E-state index in [9.17, 15) is 28.0 Å². The molecular formula is C31H31F3N7O2+. The van der Waals surface area contributed by atoms with Gasteiger partial charge in [0, 0.05) is 31.7 Å². The molecular weight excluding hydrogens is 559 g/mol. The Morgan fingerprint density at radius 3 is 2.35 bits per heavy atom. The van der Waals surface area contributed by atoms with E-state index < -0.39 is 23.5 Å². The van der Waals surface area contributed by atoms with Gasteiger partial charge < -0.3 is 9.80 Å². The first-order chi connectivity index (χ1) is 20.4. The first-order valence-corrected chi connectivity index (χ1v) is 14.1. The van der Waals surface area contributed by atoms with Crippen LogP contribution in [0.25, 0.3) is 22.8 Å². The highest BCUT2D eigenvalue weighted by Gasteiger charge is 2.49. The summed E-state index contributed by atoms with van der Waals surface area (Å²) < 4.78 is 45.4. The number of benzene rings is 2. The van der Waals surface area contributed by atoms with Gasteiger partial charge in [-0.3, -0.25) is 4.57 Å². The van der Waals surface area contributed by atoms with Gasteiger partial charge in [-0.25, -0.2) is 18.8 Å². The third kappa shape index (κ3) is 4.83. The number of hydrogen-bond acceptors (Lipinski definition) is 4. The van der Waals surface area contributed by atoms with Gasteiger partial charge in [0.05, 0.1) is 72.3 Å². The summed E-state index contributed by atoms with van der Waals surface area (Å²) in [5.74, 6) is 0. The molecule has 4 heterocycles. The topological polar surface area (TPSA) is 97.6 Å². The van der Waals surface area contributed by atoms with E-state index in [0.717, 1.165) is 51.4 Å². The number of rotatable bonds is 4. The van der Waals surface area contributed by atoms with Gasteiger partial charge in [-0.1, -0.05) is 6.07 Å². The lowest BCUT2D eigenvalue weighted by Crippen LogP contribution is -2.59. The van der Waals surface area contributed by atoms with Crippen LogP contribution in [0.15, 0.2) is 65.6 Å². The van der Waals surface area contributed by atoms with Gasteiger partial charge in [-0.15, -0.1) is 0 Å². The molecule has 9 nitrogen and oxygen atoms in total. The molecule has 1 amide bonds. The van der Waals surface area contributed by atoms with Crippen molar-refractivity contribution in [2.45, 2.75) is 56.9 Å². The molecule has 0 spiro atoms. The molecule has 4 aromatic rings. The third-order valence-corrected chi connectivity index (χ3v) is 9.20. The Kier molecular flexibility index (Phi) is 6.81. The highest BCUT2D eigenvalue weighted by Crippen LogP contribution is 2.39. The molecule has 2 aliphatic rings. The second kappa shape index (κ2) is 10.3. The number of nitrogens with one attached hydrogen (secondary N) is 1. The number of nitriles is 1. The minimum atomic E-state index is -4.61. The summed E-state index contributed by atoms with van der Waals surface area (Å²) in [6.45, 7) is 1.59. The van der Waals surface area contributed by atoms with Crippen molar-refractivity contribution in [1.29, 1.82) is 5.26 Å². The number of piperidine rings is 1. The minimum Gasteiger partial charge on any atom is -0.334 e. The van der Waals surface area contributed by atoms with Crippen LogP contribution >= 0.6 is 0 Å². The summed E-state index contributed by atoms with van der Waals surface area (Å²) in [4.78, 5) is 28.0. The van der Waals surface area contributed by atoms with Crippen LogP contribution in [0, 0.1) is 18.3 Å². The van der Waals surface area contributed by atoms with Crippen molar-refractivity contribution in [1.82, 2.24) is 24.2 Å². The molecule has 1 N–H and O–H groups in total. The van der Waals surface area contributed by atoms with Crippen molar-refractivity contribution in [3.05, 3.63) is 88.1 Å². The third-order valence-electron chi connectivity index (χ3n) is 9.20. The van der Waals surface area contributed by atoms with Crippen molar-refractivity contribution in [2.75, 3.05) is 14.1 Å². The molecule has 2 aromatic heterocycles. The zero-order chi connectivity index (χ0) is 30.7. The summed E-state index contributed by atoms with van der Waals surface area (Å²) in [6.07, 6.45) is 0.594. The van der Waals surface area contributed by atoms with E-state index in [1.807, 2.05) is 0 Å². The van der Waals surface area contributed by atoms with Gasteiger partial charge in [-0.2, -0.15) is 23.5 Å². The molecule has 43 heavy (non-hydrogen) atoms. The molecule has 2 bridgehead atoms. The van der Waals surface area contributed by atoms with Crippen molar-refractivity contribution in [3.63, 3.8) is 0 Å². The lowest BCUT2D eigenvalue weighted by Gasteiger charge is -2.44. The largest absolute Gasteiger partial charge is 0.416 e. The highest BCUT2D eigenvalue weighted by atomic mass is 19.4. The van der Waals surface area contributed by atoms with Gasteiger partial charge in [0.25, 0.3) is 0 Å². The monoisotopic (exact) mass is 590 g/mol. The number of halogens is 3. The first kappa shape index (κ1) is 28.5. The average Bonchev–Trinajstić information content (AvgIpc) is 3.56. The van der Waals surface area contributed by atoms with Gasteiger partial charge in [0.15, 0.2) is 0 Å². The van der Waals surface area contributed by atoms with Crippen LogP contribution in [-0.2, 0) is 6.18 Å². The number of amides is 1. The lowest BCUT2D eigenvalue weighted by molar-refractivity contribution is -0.930. The Bertz CT molecular complexity index is 1790. The highest BCUT2D eigenvalue weighted by molar-refractivity contribution is 5.83. The van der Waals surface area contributed by atoms with Crippen LogP contribution in [0.1, 0.15) is 42.5 Å². The van der Waals surface area contributed by atoms with Crippen molar-refractivity contribution >= 4 is 6.03 Å². The van der Waals surface area contributed by atoms with Crippen LogP contribution in [0.4, 0.5) is 18.0 Å². The predicted octanol–water partition coefficient (Wildman–Crippen LogP) is 5.02. The van der Waals surface area contributed by atoms with Crippen molar-refractivity contribution in [3.8, 4) is 28.8 Å². The molecule has 0 radical (unpaired) electrons. The second-order valence-electron chi connectivity index (χ2n) is 11.9. The minimum absolute atomic E-state index is 0.00989. The SMILES string of the molecule is Cc1c(-c2ccnn2-c2ccc(C#N)cc2)n(C(=O)N[C@@H]2C[C@H]3CC[C@@H](C2)[N+]3(C)C)c(=O)n1-c1cccc(C(F)(F)F)c1. The molecule has 2 fully saturated rings. The number of fused-ring (bicyclic) bond motifs is 2. The molecule has 2 saturated heterocycles. The molecule has 2 aliphatic heterocycles. The van der Waals surface area contributed by atoms with Crippen molar-refractivity contribution < 1.29 is 22.4 Å². The molecule has 222 valence electrons. The smallest absolute Gasteiger partial charge is 0.334 e. The Balaban J connectivity index is 1.48. The molecule has 2 aromatic carbocycles. The summed E-state index contributed by atoms with van der Waals surface area (Å²) in [7, 11) is 4.43. The normalized spacial score (nSPS) is 21.0. The number of carbonyl (C=O) groups is 1. The van der Waals surface area contributed by atoms with E-state index in [1.165, 1.54) is 23.0 Å². The Labute approximate surface area is 246 Å². The maximum Gasteiger partial charge on any atom is 0.416 e. The quantitative estimate of drug-likeness (QED) is 0.338. The molecule has 0 saturated carbocycles. The number of alkyl halides is 3. The summed E-state index contributed by atoms with van der Waals surface area (Å²) in [5, 5.41) is 16.7. The lowest BCUT2D eigenvalue weighted by atomic mass is 9.96. The Hall–Kier alpha value is -4.63. The van der Waals surface area contributed by atoms with Gasteiger partial charge >= 0.3 is 17.9 Å². The molecule has 3 atom stereocenters. The summed E-state index contributed by atoms with van der Waals surface area (Å²) in [5.41, 5.74) is 0.194. The van der Waals surface area contributed by atoms with E-state index in [4.69, 9.17) is 0 Å². The number of quaternary nitrogens is 1. The van der Waals surface area contributed by atoms with Crippen LogP contribution < -0.4 is 11.0 Å². The second-order valence-corrected chi connectivity index (χ2v) is 11.9. The Morgan fingerprint density at radius 2 is 1.72 bits per heavy atom. The molecule has 6 rings (SSSR count). The van der Waals surface area contributed by atoms with Gasteiger partial charge in [0.1, 0.15) is 5.69 Å². The van der Waals surface area contributed by atoms with Crippen LogP contribution in [-0.4, -0.2) is 61.6 Å². The standard InChI is InChI=1S/C31H30F3N7O2/c1-19-28(27-13-14-36-40(27)23-9-7-20(18-35)8-10-23)39(29(42)37-22-16-25-11-12-26(17-22)41(25,2)3)30(43)38(19)24-6-4-5-21(15-24)31(32,33)34/h4-10,13-15,22,25-26H,11-12,16-17H2,1-3H3/p+1/t22-,25-,26+. The van der Waals surface area contributed by atoms with E-state index in [-0.39, 0.29) is 23.1 Å². The zero-order valence-electron chi connectivity index (χ0n) is 24.0. The number of hydrogen-bond donors (Lipinski definition) is 1. The number of nitrogens with zero attached hydrogens (tertiary/aromatic N) is 6. The number of aromatic nitrogens is 4. The predicted molar refractivity (Wildman–Crippen MR) is 153 cm³/mol. The fourth-order valence-corrected chi connectivity index (χ4v) is 6.82. The van der Waals surface area contributed by atoms with Crippen molar-refractivity contribution in [2.24, 2.45) is 0 Å². The summed E-state index contributed by atoms with van der Waals surface area (Å²) in [6, 6.07) is 14.8. The molecule has 0 aliphatic carbocycles. The van der Waals surface area contributed by atoms with E-state index >= 15 is 0 Å². The first-order valence-electron chi connectivity index (χ1n) is 14.1.